The second-order valence-corrected chi connectivity index (χ2v) is 6.40. The van der Waals surface area contributed by atoms with E-state index in [1.54, 1.807) is 18.2 Å². The fourth-order valence-electron chi connectivity index (χ4n) is 2.14. The molecule has 7 heteroatoms. The van der Waals surface area contributed by atoms with Gasteiger partial charge in [0.2, 0.25) is 0 Å². The van der Waals surface area contributed by atoms with Gasteiger partial charge in [0.25, 0.3) is 5.56 Å². The molecule has 5 nitrogen and oxygen atoms in total. The number of H-pyrrole nitrogens is 1. The average Bonchev–Trinajstić information content (AvgIpc) is 2.97. The Bertz CT molecular complexity index is 946. The normalized spacial score (nSPS) is 11.3. The fraction of sp³-hybridized carbons (Fsp3) is 0.125. The summed E-state index contributed by atoms with van der Waals surface area (Å²) in [6.07, 6.45) is 3.58. The van der Waals surface area contributed by atoms with Crippen LogP contribution >= 0.6 is 22.9 Å². The van der Waals surface area contributed by atoms with Gasteiger partial charge in [-0.05, 0) is 30.4 Å². The number of nitrogens with one attached hydrogen (secondary N) is 1. The lowest BCUT2D eigenvalue weighted by Crippen LogP contribution is -2.10. The molecule has 0 saturated carbocycles. The minimum absolute atomic E-state index is 0.236. The number of nitrogens with zero attached hydrogens (tertiary/aromatic N) is 1. The molecule has 0 saturated heterocycles. The summed E-state index contributed by atoms with van der Waals surface area (Å²) in [4.78, 5) is 20.4. The number of thiophene rings is 1. The molecular formula is C16H13ClN2O3S. The molecule has 2 aromatic heterocycles. The van der Waals surface area contributed by atoms with E-state index in [9.17, 15) is 4.79 Å². The molecule has 0 radical (unpaired) electrons. The largest absolute Gasteiger partial charge is 0.493 e. The summed E-state index contributed by atoms with van der Waals surface area (Å²) in [5, 5.41) is 0.443. The van der Waals surface area contributed by atoms with Gasteiger partial charge in [0.15, 0.2) is 11.5 Å². The van der Waals surface area contributed by atoms with Crippen molar-refractivity contribution in [3.05, 3.63) is 49.7 Å². The minimum atomic E-state index is -0.236. The lowest BCUT2D eigenvalue weighted by Gasteiger charge is -2.08. The third-order valence-corrected chi connectivity index (χ3v) is 4.42. The summed E-state index contributed by atoms with van der Waals surface area (Å²) in [6, 6.07) is 7.02. The molecule has 3 aromatic rings. The first kappa shape index (κ1) is 15.6. The first-order valence-corrected chi connectivity index (χ1v) is 7.89. The maximum absolute atomic E-state index is 12.2. The standard InChI is InChI=1S/C16H13ClN2O3S/c1-21-12-7-10-11(8-13(12)22-2)18-15(19-16(10)20)6-4-9-3-5-14(17)23-9/h3-8H,1-2H3,(H,18,19,20)/b6-4+. The lowest BCUT2D eigenvalue weighted by molar-refractivity contribution is 0.355. The molecule has 0 aliphatic carbocycles. The monoisotopic (exact) mass is 348 g/mol. The molecule has 0 atom stereocenters. The number of ether oxygens (including phenoxy) is 2. The van der Waals surface area contributed by atoms with Crippen LogP contribution in [0.25, 0.3) is 23.1 Å². The summed E-state index contributed by atoms with van der Waals surface area (Å²) < 4.78 is 11.2. The molecule has 0 spiro atoms. The van der Waals surface area contributed by atoms with Crippen molar-refractivity contribution in [1.29, 1.82) is 0 Å². The van der Waals surface area contributed by atoms with Crippen molar-refractivity contribution in [2.75, 3.05) is 14.2 Å². The number of aromatic amines is 1. The van der Waals surface area contributed by atoms with E-state index in [-0.39, 0.29) is 5.56 Å². The highest BCUT2D eigenvalue weighted by Crippen LogP contribution is 2.30. The third kappa shape index (κ3) is 3.23. The summed E-state index contributed by atoms with van der Waals surface area (Å²) in [6.45, 7) is 0. The number of aromatic nitrogens is 2. The highest BCUT2D eigenvalue weighted by Gasteiger charge is 2.10. The molecule has 0 amide bonds. The molecule has 3 rings (SSSR count). The molecule has 0 aliphatic rings. The van der Waals surface area contributed by atoms with Crippen molar-refractivity contribution in [2.24, 2.45) is 0 Å². The van der Waals surface area contributed by atoms with Gasteiger partial charge in [-0.3, -0.25) is 4.79 Å². The maximum Gasteiger partial charge on any atom is 0.259 e. The number of benzene rings is 1. The van der Waals surface area contributed by atoms with E-state index < -0.39 is 0 Å². The predicted octanol–water partition coefficient (Wildman–Crippen LogP) is 3.83. The smallest absolute Gasteiger partial charge is 0.259 e. The highest BCUT2D eigenvalue weighted by molar-refractivity contribution is 7.17. The summed E-state index contributed by atoms with van der Waals surface area (Å²) in [5.41, 5.74) is 0.301. The number of rotatable bonds is 4. The van der Waals surface area contributed by atoms with Crippen LogP contribution in [0.2, 0.25) is 4.34 Å². The van der Waals surface area contributed by atoms with Crippen LogP contribution in [0.3, 0.4) is 0 Å². The Morgan fingerprint density at radius 2 is 1.91 bits per heavy atom. The Kier molecular flexibility index (Phi) is 4.36. The molecule has 1 N–H and O–H groups in total. The molecule has 2 heterocycles. The van der Waals surface area contributed by atoms with Crippen molar-refractivity contribution >= 4 is 46.0 Å². The van der Waals surface area contributed by atoms with Crippen LogP contribution in [0.4, 0.5) is 0 Å². The number of fused-ring (bicyclic) bond motifs is 1. The number of halogens is 1. The fourth-order valence-corrected chi connectivity index (χ4v) is 3.11. The average molecular weight is 349 g/mol. The molecule has 23 heavy (non-hydrogen) atoms. The van der Waals surface area contributed by atoms with Crippen LogP contribution in [-0.2, 0) is 0 Å². The Labute approximate surface area is 141 Å². The topological polar surface area (TPSA) is 64.2 Å². The molecule has 0 bridgehead atoms. The van der Waals surface area contributed by atoms with Crippen LogP contribution in [-0.4, -0.2) is 24.2 Å². The first-order valence-electron chi connectivity index (χ1n) is 6.70. The van der Waals surface area contributed by atoms with E-state index in [0.29, 0.717) is 32.6 Å². The van der Waals surface area contributed by atoms with Crippen LogP contribution in [0.5, 0.6) is 11.5 Å². The Morgan fingerprint density at radius 3 is 2.57 bits per heavy atom. The van der Waals surface area contributed by atoms with Crippen LogP contribution < -0.4 is 15.0 Å². The van der Waals surface area contributed by atoms with E-state index in [4.69, 9.17) is 21.1 Å². The second kappa shape index (κ2) is 6.44. The molecular weight excluding hydrogens is 336 g/mol. The second-order valence-electron chi connectivity index (χ2n) is 4.65. The SMILES string of the molecule is COc1cc2nc(/C=C/c3ccc(Cl)s3)[nH]c(=O)c2cc1OC. The molecule has 1 aromatic carbocycles. The van der Waals surface area contributed by atoms with Gasteiger partial charge in [-0.1, -0.05) is 11.6 Å². The predicted molar refractivity (Wildman–Crippen MR) is 93.7 cm³/mol. The van der Waals surface area contributed by atoms with Crippen LogP contribution in [0, 0.1) is 0 Å². The van der Waals surface area contributed by atoms with Gasteiger partial charge in [-0.2, -0.15) is 0 Å². The Balaban J connectivity index is 2.06. The summed E-state index contributed by atoms with van der Waals surface area (Å²) in [7, 11) is 3.06. The van der Waals surface area contributed by atoms with E-state index in [1.165, 1.54) is 25.6 Å². The quantitative estimate of drug-likeness (QED) is 0.778. The zero-order valence-electron chi connectivity index (χ0n) is 12.4. The highest BCUT2D eigenvalue weighted by atomic mass is 35.5. The summed E-state index contributed by atoms with van der Waals surface area (Å²) in [5.74, 6) is 1.47. The van der Waals surface area contributed by atoms with Crippen LogP contribution in [0.1, 0.15) is 10.7 Å². The Morgan fingerprint density at radius 1 is 1.17 bits per heavy atom. The number of methoxy groups -OCH3 is 2. The minimum Gasteiger partial charge on any atom is -0.493 e. The van der Waals surface area contributed by atoms with Crippen LogP contribution in [0.15, 0.2) is 29.1 Å². The van der Waals surface area contributed by atoms with Crippen molar-refractivity contribution in [1.82, 2.24) is 9.97 Å². The van der Waals surface area contributed by atoms with Gasteiger partial charge in [-0.25, -0.2) is 4.98 Å². The van der Waals surface area contributed by atoms with Gasteiger partial charge in [0.1, 0.15) is 5.82 Å². The van der Waals surface area contributed by atoms with Gasteiger partial charge >= 0.3 is 0 Å². The van der Waals surface area contributed by atoms with Crippen molar-refractivity contribution in [2.45, 2.75) is 0 Å². The van der Waals surface area contributed by atoms with Crippen molar-refractivity contribution in [3.8, 4) is 11.5 Å². The first-order chi connectivity index (χ1) is 11.1. The molecule has 0 fully saturated rings. The van der Waals surface area contributed by atoms with E-state index in [2.05, 4.69) is 9.97 Å². The third-order valence-electron chi connectivity index (χ3n) is 3.23. The van der Waals surface area contributed by atoms with E-state index >= 15 is 0 Å². The van der Waals surface area contributed by atoms with Gasteiger partial charge < -0.3 is 14.5 Å². The van der Waals surface area contributed by atoms with Gasteiger partial charge in [0.05, 0.1) is 29.5 Å². The van der Waals surface area contributed by atoms with E-state index in [1.807, 2.05) is 18.2 Å². The summed E-state index contributed by atoms with van der Waals surface area (Å²) >= 11 is 7.34. The number of hydrogen-bond donors (Lipinski definition) is 1. The zero-order chi connectivity index (χ0) is 16.4. The van der Waals surface area contributed by atoms with Gasteiger partial charge in [-0.15, -0.1) is 11.3 Å². The zero-order valence-corrected chi connectivity index (χ0v) is 14.0. The number of hydrogen-bond acceptors (Lipinski definition) is 5. The lowest BCUT2D eigenvalue weighted by atomic mass is 10.2. The maximum atomic E-state index is 12.2. The molecule has 0 unspecified atom stereocenters. The van der Waals surface area contributed by atoms with Crippen molar-refractivity contribution in [3.63, 3.8) is 0 Å². The Hall–Kier alpha value is -2.31. The van der Waals surface area contributed by atoms with Crippen molar-refractivity contribution < 1.29 is 9.47 Å². The van der Waals surface area contributed by atoms with E-state index in [0.717, 1.165) is 4.88 Å². The van der Waals surface area contributed by atoms with Gasteiger partial charge in [0, 0.05) is 10.9 Å². The molecule has 118 valence electrons. The molecule has 0 aliphatic heterocycles.